The van der Waals surface area contributed by atoms with Gasteiger partial charge in [-0.25, -0.2) is 9.78 Å². The highest BCUT2D eigenvalue weighted by molar-refractivity contribution is 7.13. The number of rotatable bonds is 9. The monoisotopic (exact) mass is 614 g/mol. The van der Waals surface area contributed by atoms with Crippen molar-refractivity contribution in [2.24, 2.45) is 0 Å². The zero-order chi connectivity index (χ0) is 29.5. The number of piperidine rings is 1. The standard InChI is InChI=1S/C31H30ClF3N4O2S/c32-27-14-11-24(19-26(27)31(33,34)35)37-30(40)36-23-9-5-21(6-10-23)28-20-42-29(38-28)22-7-12-25(13-8-22)41-18-4-17-39-15-2-1-3-16-39/h5-14,19-20H,1-4,15-18H2,(H2,36,37,40). The van der Waals surface area contributed by atoms with Crippen molar-refractivity contribution in [2.75, 3.05) is 36.9 Å². The molecule has 1 saturated heterocycles. The van der Waals surface area contributed by atoms with E-state index < -0.39 is 22.8 Å². The van der Waals surface area contributed by atoms with E-state index in [0.29, 0.717) is 12.3 Å². The lowest BCUT2D eigenvalue weighted by molar-refractivity contribution is -0.137. The second-order valence-electron chi connectivity index (χ2n) is 10.0. The number of halogens is 4. The van der Waals surface area contributed by atoms with Gasteiger partial charge in [-0.1, -0.05) is 30.2 Å². The van der Waals surface area contributed by atoms with E-state index in [0.717, 1.165) is 52.7 Å². The van der Waals surface area contributed by atoms with Crippen molar-refractivity contribution in [2.45, 2.75) is 31.9 Å². The van der Waals surface area contributed by atoms with E-state index in [1.165, 1.54) is 49.8 Å². The Morgan fingerprint density at radius 1 is 0.929 bits per heavy atom. The lowest BCUT2D eigenvalue weighted by atomic mass is 10.1. The number of carbonyl (C=O) groups excluding carboxylic acids is 1. The van der Waals surface area contributed by atoms with Gasteiger partial charge in [-0.2, -0.15) is 13.2 Å². The molecule has 1 aliphatic rings. The Labute approximate surface area is 251 Å². The molecule has 2 N–H and O–H groups in total. The van der Waals surface area contributed by atoms with Gasteiger partial charge in [0.05, 0.1) is 22.9 Å². The summed E-state index contributed by atoms with van der Waals surface area (Å²) < 4.78 is 45.2. The summed E-state index contributed by atoms with van der Waals surface area (Å²) in [7, 11) is 0. The molecule has 1 aromatic heterocycles. The highest BCUT2D eigenvalue weighted by Gasteiger charge is 2.33. The first-order valence-corrected chi connectivity index (χ1v) is 15.0. The normalized spacial score (nSPS) is 14.0. The molecule has 1 aliphatic heterocycles. The molecular weight excluding hydrogens is 585 g/mol. The zero-order valence-corrected chi connectivity index (χ0v) is 24.3. The molecule has 2 heterocycles. The third-order valence-electron chi connectivity index (χ3n) is 6.91. The van der Waals surface area contributed by atoms with Crippen LogP contribution in [-0.4, -0.2) is 42.2 Å². The Balaban J connectivity index is 1.12. The van der Waals surface area contributed by atoms with Gasteiger partial charge in [0, 0.05) is 34.4 Å². The van der Waals surface area contributed by atoms with Gasteiger partial charge in [0.15, 0.2) is 0 Å². The van der Waals surface area contributed by atoms with Gasteiger partial charge >= 0.3 is 12.2 Å². The van der Waals surface area contributed by atoms with Crippen molar-refractivity contribution in [1.82, 2.24) is 9.88 Å². The molecule has 6 nitrogen and oxygen atoms in total. The molecule has 0 spiro atoms. The van der Waals surface area contributed by atoms with Crippen LogP contribution in [0.25, 0.3) is 21.8 Å². The molecule has 11 heteroatoms. The SMILES string of the molecule is O=C(Nc1ccc(-c2csc(-c3ccc(OCCCN4CCCCC4)cc3)n2)cc1)Nc1ccc(Cl)c(C(F)(F)F)c1. The maximum absolute atomic E-state index is 13.1. The molecule has 2 amide bonds. The highest BCUT2D eigenvalue weighted by Crippen LogP contribution is 2.36. The molecule has 0 unspecified atom stereocenters. The average molecular weight is 615 g/mol. The molecule has 4 aromatic rings. The van der Waals surface area contributed by atoms with Crippen LogP contribution >= 0.6 is 22.9 Å². The molecule has 3 aromatic carbocycles. The first-order valence-electron chi connectivity index (χ1n) is 13.7. The predicted octanol–water partition coefficient (Wildman–Crippen LogP) is 9.05. The Morgan fingerprint density at radius 3 is 2.31 bits per heavy atom. The summed E-state index contributed by atoms with van der Waals surface area (Å²) in [4.78, 5) is 19.6. The first kappa shape index (κ1) is 29.9. The first-order chi connectivity index (χ1) is 20.2. The maximum Gasteiger partial charge on any atom is 0.417 e. The maximum atomic E-state index is 13.1. The number of urea groups is 1. The summed E-state index contributed by atoms with van der Waals surface area (Å²) in [6, 6.07) is 17.5. The fraction of sp³-hybridized carbons (Fsp3) is 0.290. The molecule has 0 atom stereocenters. The molecule has 220 valence electrons. The van der Waals surface area contributed by atoms with Crippen molar-refractivity contribution in [3.05, 3.63) is 82.7 Å². The van der Waals surface area contributed by atoms with E-state index in [-0.39, 0.29) is 5.69 Å². The Morgan fingerprint density at radius 2 is 1.60 bits per heavy atom. The second-order valence-corrected chi connectivity index (χ2v) is 11.3. The lowest BCUT2D eigenvalue weighted by Crippen LogP contribution is -2.31. The Hall–Kier alpha value is -3.60. The van der Waals surface area contributed by atoms with Crippen molar-refractivity contribution in [3.8, 4) is 27.6 Å². The largest absolute Gasteiger partial charge is 0.494 e. The summed E-state index contributed by atoms with van der Waals surface area (Å²) in [5, 5.41) is 7.43. The fourth-order valence-electron chi connectivity index (χ4n) is 4.73. The molecule has 0 aliphatic carbocycles. The molecule has 0 saturated carbocycles. The van der Waals surface area contributed by atoms with Gasteiger partial charge in [-0.3, -0.25) is 0 Å². The van der Waals surface area contributed by atoms with Crippen LogP contribution in [0, 0.1) is 0 Å². The second kappa shape index (κ2) is 13.6. The summed E-state index contributed by atoms with van der Waals surface area (Å²) in [5.74, 6) is 0.846. The number of ether oxygens (including phenoxy) is 1. The number of benzene rings is 3. The van der Waals surface area contributed by atoms with Gasteiger partial charge in [-0.05, 0) is 86.9 Å². The molecule has 1 fully saturated rings. The van der Waals surface area contributed by atoms with Gasteiger partial charge in [0.1, 0.15) is 10.8 Å². The van der Waals surface area contributed by atoms with E-state index in [2.05, 4.69) is 15.5 Å². The van der Waals surface area contributed by atoms with Crippen LogP contribution < -0.4 is 15.4 Å². The molecule has 42 heavy (non-hydrogen) atoms. The minimum atomic E-state index is -4.62. The Kier molecular flexibility index (Phi) is 9.66. The quantitative estimate of drug-likeness (QED) is 0.185. The van der Waals surface area contributed by atoms with Crippen LogP contribution in [0.2, 0.25) is 5.02 Å². The van der Waals surface area contributed by atoms with E-state index in [9.17, 15) is 18.0 Å². The van der Waals surface area contributed by atoms with Crippen LogP contribution in [0.3, 0.4) is 0 Å². The van der Waals surface area contributed by atoms with Crippen molar-refractivity contribution in [1.29, 1.82) is 0 Å². The number of alkyl halides is 3. The number of nitrogens with one attached hydrogen (secondary N) is 2. The number of likely N-dealkylation sites (tertiary alicyclic amines) is 1. The van der Waals surface area contributed by atoms with Crippen molar-refractivity contribution >= 4 is 40.3 Å². The van der Waals surface area contributed by atoms with Crippen LogP contribution in [0.1, 0.15) is 31.2 Å². The lowest BCUT2D eigenvalue weighted by Gasteiger charge is -2.26. The zero-order valence-electron chi connectivity index (χ0n) is 22.7. The van der Waals surface area contributed by atoms with E-state index >= 15 is 0 Å². The number of anilines is 2. The van der Waals surface area contributed by atoms with E-state index in [1.807, 2.05) is 41.8 Å². The summed E-state index contributed by atoms with van der Waals surface area (Å²) in [5.41, 5.74) is 2.09. The van der Waals surface area contributed by atoms with Gasteiger partial charge in [-0.15, -0.1) is 11.3 Å². The van der Waals surface area contributed by atoms with Crippen LogP contribution in [0.5, 0.6) is 5.75 Å². The van der Waals surface area contributed by atoms with Crippen molar-refractivity contribution < 1.29 is 22.7 Å². The molecular formula is C31H30ClF3N4O2S. The van der Waals surface area contributed by atoms with Crippen LogP contribution in [0.4, 0.5) is 29.3 Å². The third-order valence-corrected chi connectivity index (χ3v) is 8.13. The smallest absolute Gasteiger partial charge is 0.417 e. The molecule has 0 bridgehead atoms. The number of thiazole rings is 1. The summed E-state index contributed by atoms with van der Waals surface area (Å²) in [6.45, 7) is 4.18. The third kappa shape index (κ3) is 8.02. The average Bonchev–Trinajstić information content (AvgIpc) is 3.47. The number of hydrogen-bond acceptors (Lipinski definition) is 5. The Bertz CT molecular complexity index is 1490. The van der Waals surface area contributed by atoms with Gasteiger partial charge < -0.3 is 20.3 Å². The fourth-order valence-corrected chi connectivity index (χ4v) is 5.79. The minimum absolute atomic E-state index is 0.0247. The number of nitrogens with zero attached hydrogens (tertiary/aromatic N) is 2. The van der Waals surface area contributed by atoms with Gasteiger partial charge in [0.25, 0.3) is 0 Å². The number of hydrogen-bond donors (Lipinski definition) is 2. The van der Waals surface area contributed by atoms with Crippen molar-refractivity contribution in [3.63, 3.8) is 0 Å². The van der Waals surface area contributed by atoms with Crippen LogP contribution in [-0.2, 0) is 6.18 Å². The highest BCUT2D eigenvalue weighted by atomic mass is 35.5. The topological polar surface area (TPSA) is 66.5 Å². The number of aromatic nitrogens is 1. The number of amides is 2. The summed E-state index contributed by atoms with van der Waals surface area (Å²) >= 11 is 7.17. The molecule has 0 radical (unpaired) electrons. The predicted molar refractivity (Wildman–Crippen MR) is 162 cm³/mol. The van der Waals surface area contributed by atoms with E-state index in [4.69, 9.17) is 21.3 Å². The van der Waals surface area contributed by atoms with E-state index in [1.54, 1.807) is 12.1 Å². The van der Waals surface area contributed by atoms with Crippen LogP contribution in [0.15, 0.2) is 72.1 Å². The minimum Gasteiger partial charge on any atom is -0.494 e. The van der Waals surface area contributed by atoms with Gasteiger partial charge in [0.2, 0.25) is 0 Å². The molecule has 5 rings (SSSR count). The number of carbonyl (C=O) groups is 1. The summed E-state index contributed by atoms with van der Waals surface area (Å²) in [6.07, 6.45) is 0.335.